The van der Waals surface area contributed by atoms with Gasteiger partial charge in [-0.1, -0.05) is 0 Å². The van der Waals surface area contributed by atoms with E-state index in [1.54, 1.807) is 0 Å². The molecular weight excluding hydrogens is 292 g/mol. The fourth-order valence-corrected chi connectivity index (χ4v) is 1.40. The van der Waals surface area contributed by atoms with E-state index in [-0.39, 0.29) is 18.0 Å². The maximum absolute atomic E-state index is 13.3. The van der Waals surface area contributed by atoms with Crippen molar-refractivity contribution in [2.75, 3.05) is 0 Å². The second-order valence-corrected chi connectivity index (χ2v) is 3.72. The van der Waals surface area contributed by atoms with Gasteiger partial charge in [-0.05, 0) is 12.5 Å². The monoisotopic (exact) mass is 302 g/mol. The van der Waals surface area contributed by atoms with Gasteiger partial charge < -0.3 is 5.73 Å². The summed E-state index contributed by atoms with van der Waals surface area (Å²) in [6, 6.07) is 1.37. The number of benzene rings is 1. The van der Waals surface area contributed by atoms with E-state index in [9.17, 15) is 27.7 Å². The van der Waals surface area contributed by atoms with Crippen LogP contribution in [-0.4, -0.2) is 11.1 Å². The van der Waals surface area contributed by atoms with Crippen LogP contribution < -0.4 is 5.73 Å². The zero-order valence-electron chi connectivity index (χ0n) is 9.48. The summed E-state index contributed by atoms with van der Waals surface area (Å²) in [5.41, 5.74) is 4.72. The standard InChI is InChI=1S/C10H10F4N2O2.ClH/c11-8-2-1-6(16(17)18)5-7(8)9(15)3-4-10(12,13)14;/h1-2,5,9H,3-4,15H2;1H/t9-;/m0./s1. The van der Waals surface area contributed by atoms with Gasteiger partial charge in [0.05, 0.1) is 4.92 Å². The number of nitro groups is 1. The van der Waals surface area contributed by atoms with Crippen LogP contribution >= 0.6 is 12.4 Å². The van der Waals surface area contributed by atoms with Crippen LogP contribution in [0.15, 0.2) is 18.2 Å². The average molecular weight is 303 g/mol. The van der Waals surface area contributed by atoms with Crippen LogP contribution in [0.1, 0.15) is 24.4 Å². The molecule has 0 radical (unpaired) electrons. The first-order valence-electron chi connectivity index (χ1n) is 4.97. The Morgan fingerprint density at radius 1 is 1.37 bits per heavy atom. The number of hydrogen-bond donors (Lipinski definition) is 1. The maximum Gasteiger partial charge on any atom is 0.389 e. The minimum absolute atomic E-state index is 0. The molecule has 1 aromatic rings. The van der Waals surface area contributed by atoms with Crippen molar-refractivity contribution in [3.8, 4) is 0 Å². The van der Waals surface area contributed by atoms with E-state index in [4.69, 9.17) is 5.73 Å². The predicted molar refractivity (Wildman–Crippen MR) is 62.5 cm³/mol. The molecule has 0 saturated carbocycles. The average Bonchev–Trinajstić information content (AvgIpc) is 2.25. The topological polar surface area (TPSA) is 69.2 Å². The molecule has 108 valence electrons. The summed E-state index contributed by atoms with van der Waals surface area (Å²) < 4.78 is 49.3. The summed E-state index contributed by atoms with van der Waals surface area (Å²) in [6.07, 6.45) is -6.09. The SMILES string of the molecule is Cl.N[C@@H](CCC(F)(F)F)c1cc([N+](=O)[O-])ccc1F. The van der Waals surface area contributed by atoms with Crippen molar-refractivity contribution in [3.63, 3.8) is 0 Å². The second kappa shape index (κ2) is 6.67. The lowest BCUT2D eigenvalue weighted by atomic mass is 10.0. The summed E-state index contributed by atoms with van der Waals surface area (Å²) >= 11 is 0. The molecule has 0 amide bonds. The highest BCUT2D eigenvalue weighted by atomic mass is 35.5. The first-order valence-corrected chi connectivity index (χ1v) is 4.97. The first-order chi connectivity index (χ1) is 8.20. The fraction of sp³-hybridized carbons (Fsp3) is 0.400. The quantitative estimate of drug-likeness (QED) is 0.526. The van der Waals surface area contributed by atoms with Gasteiger partial charge in [-0.15, -0.1) is 12.4 Å². The lowest BCUT2D eigenvalue weighted by Gasteiger charge is -2.14. The van der Waals surface area contributed by atoms with Crippen LogP contribution in [-0.2, 0) is 0 Å². The summed E-state index contributed by atoms with van der Waals surface area (Å²) in [6.45, 7) is 0. The third-order valence-corrected chi connectivity index (χ3v) is 2.33. The predicted octanol–water partition coefficient (Wildman–Crippen LogP) is 3.50. The third kappa shape index (κ3) is 5.39. The third-order valence-electron chi connectivity index (χ3n) is 2.33. The van der Waals surface area contributed by atoms with Crippen LogP contribution in [0.4, 0.5) is 23.2 Å². The highest BCUT2D eigenvalue weighted by Crippen LogP contribution is 2.29. The van der Waals surface area contributed by atoms with E-state index in [2.05, 4.69) is 0 Å². The number of halogens is 5. The maximum atomic E-state index is 13.3. The van der Waals surface area contributed by atoms with Crippen molar-refractivity contribution in [3.05, 3.63) is 39.7 Å². The van der Waals surface area contributed by atoms with Crippen LogP contribution in [0.25, 0.3) is 0 Å². The highest BCUT2D eigenvalue weighted by molar-refractivity contribution is 5.85. The number of nitro benzene ring substituents is 1. The van der Waals surface area contributed by atoms with Crippen molar-refractivity contribution in [1.82, 2.24) is 0 Å². The first kappa shape index (κ1) is 17.6. The minimum Gasteiger partial charge on any atom is -0.324 e. The van der Waals surface area contributed by atoms with Gasteiger partial charge in [-0.2, -0.15) is 13.2 Å². The Balaban J connectivity index is 0.00000324. The molecule has 0 fully saturated rings. The van der Waals surface area contributed by atoms with Crippen molar-refractivity contribution >= 4 is 18.1 Å². The number of non-ortho nitro benzene ring substituents is 1. The molecule has 0 aliphatic carbocycles. The van der Waals surface area contributed by atoms with Gasteiger partial charge in [0.1, 0.15) is 5.82 Å². The molecule has 1 aromatic carbocycles. The van der Waals surface area contributed by atoms with E-state index in [1.807, 2.05) is 0 Å². The molecule has 0 aliphatic rings. The van der Waals surface area contributed by atoms with Gasteiger partial charge in [-0.3, -0.25) is 10.1 Å². The van der Waals surface area contributed by atoms with Crippen LogP contribution in [0.3, 0.4) is 0 Å². The van der Waals surface area contributed by atoms with Crippen LogP contribution in [0.2, 0.25) is 0 Å². The van der Waals surface area contributed by atoms with E-state index in [1.165, 1.54) is 0 Å². The van der Waals surface area contributed by atoms with E-state index >= 15 is 0 Å². The van der Waals surface area contributed by atoms with E-state index in [0.717, 1.165) is 18.2 Å². The Labute approximate surface area is 112 Å². The van der Waals surface area contributed by atoms with Crippen LogP contribution in [0.5, 0.6) is 0 Å². The molecule has 9 heteroatoms. The van der Waals surface area contributed by atoms with Gasteiger partial charge in [0, 0.05) is 30.2 Å². The van der Waals surface area contributed by atoms with Gasteiger partial charge in [0.25, 0.3) is 5.69 Å². The molecule has 4 nitrogen and oxygen atoms in total. The van der Waals surface area contributed by atoms with E-state index < -0.39 is 41.5 Å². The van der Waals surface area contributed by atoms with Gasteiger partial charge in [0.2, 0.25) is 0 Å². The van der Waals surface area contributed by atoms with Gasteiger partial charge in [-0.25, -0.2) is 4.39 Å². The fourth-order valence-electron chi connectivity index (χ4n) is 1.40. The molecule has 0 saturated heterocycles. The van der Waals surface area contributed by atoms with Crippen molar-refractivity contribution in [2.45, 2.75) is 25.1 Å². The van der Waals surface area contributed by atoms with Crippen molar-refractivity contribution < 1.29 is 22.5 Å². The molecule has 0 aromatic heterocycles. The van der Waals surface area contributed by atoms with Gasteiger partial charge in [0.15, 0.2) is 0 Å². The number of rotatable bonds is 4. The molecule has 0 aliphatic heterocycles. The lowest BCUT2D eigenvalue weighted by Crippen LogP contribution is -2.17. The van der Waals surface area contributed by atoms with Crippen molar-refractivity contribution in [2.24, 2.45) is 5.73 Å². The normalized spacial score (nSPS) is 12.7. The van der Waals surface area contributed by atoms with Crippen LogP contribution in [0, 0.1) is 15.9 Å². The van der Waals surface area contributed by atoms with E-state index in [0.29, 0.717) is 0 Å². The summed E-state index contributed by atoms with van der Waals surface area (Å²) in [7, 11) is 0. The Morgan fingerprint density at radius 2 is 1.95 bits per heavy atom. The molecule has 0 spiro atoms. The summed E-state index contributed by atoms with van der Waals surface area (Å²) in [5, 5.41) is 10.5. The Morgan fingerprint density at radius 3 is 2.42 bits per heavy atom. The zero-order chi connectivity index (χ0) is 13.9. The minimum atomic E-state index is -4.39. The highest BCUT2D eigenvalue weighted by Gasteiger charge is 2.28. The lowest BCUT2D eigenvalue weighted by molar-refractivity contribution is -0.385. The Bertz CT molecular complexity index is 454. The molecule has 1 atom stereocenters. The summed E-state index contributed by atoms with van der Waals surface area (Å²) in [5.74, 6) is -0.852. The Kier molecular flexibility index (Phi) is 6.17. The van der Waals surface area contributed by atoms with Crippen molar-refractivity contribution in [1.29, 1.82) is 0 Å². The molecule has 1 rings (SSSR count). The molecule has 0 heterocycles. The zero-order valence-corrected chi connectivity index (χ0v) is 10.3. The second-order valence-electron chi connectivity index (χ2n) is 3.72. The molecular formula is C10H11ClF4N2O2. The largest absolute Gasteiger partial charge is 0.389 e. The van der Waals surface area contributed by atoms with Gasteiger partial charge >= 0.3 is 6.18 Å². The summed E-state index contributed by atoms with van der Waals surface area (Å²) in [4.78, 5) is 9.70. The smallest absolute Gasteiger partial charge is 0.324 e. The number of nitrogens with zero attached hydrogens (tertiary/aromatic N) is 1. The Hall–Kier alpha value is -1.41. The molecule has 2 N–H and O–H groups in total. The molecule has 0 bridgehead atoms. The number of nitrogens with two attached hydrogens (primary N) is 1. The number of hydrogen-bond acceptors (Lipinski definition) is 3. The molecule has 19 heavy (non-hydrogen) atoms. The number of alkyl halides is 3. The molecule has 0 unspecified atom stereocenters.